The van der Waals surface area contributed by atoms with Crippen LogP contribution < -0.4 is 20.2 Å². The molecule has 0 amide bonds. The van der Waals surface area contributed by atoms with E-state index in [1.807, 2.05) is 43.3 Å². The monoisotopic (exact) mass is 422 g/mol. The van der Waals surface area contributed by atoms with Gasteiger partial charge >= 0.3 is 0 Å². The number of nitrogens with one attached hydrogen (secondary N) is 2. The van der Waals surface area contributed by atoms with E-state index in [0.29, 0.717) is 28.3 Å². The van der Waals surface area contributed by atoms with Gasteiger partial charge in [-0.05, 0) is 49.4 Å². The number of rotatable bonds is 7. The second-order valence-corrected chi connectivity index (χ2v) is 6.76. The fourth-order valence-corrected chi connectivity index (χ4v) is 2.84. The number of aryl methyl sites for hydroxylation is 1. The van der Waals surface area contributed by atoms with Crippen molar-refractivity contribution in [2.75, 3.05) is 17.7 Å². The van der Waals surface area contributed by atoms with Crippen molar-refractivity contribution in [3.8, 4) is 11.5 Å². The van der Waals surface area contributed by atoms with E-state index in [2.05, 4.69) is 25.7 Å². The number of hydrogen-bond acceptors (Lipinski definition) is 7. The van der Waals surface area contributed by atoms with Crippen molar-refractivity contribution >= 4 is 34.7 Å². The Hall–Kier alpha value is -3.78. The van der Waals surface area contributed by atoms with Gasteiger partial charge in [0.1, 0.15) is 11.6 Å². The minimum Gasteiger partial charge on any atom is -0.495 e. The van der Waals surface area contributed by atoms with Crippen LogP contribution in [-0.2, 0) is 0 Å². The van der Waals surface area contributed by atoms with E-state index in [1.165, 1.54) is 4.85 Å². The van der Waals surface area contributed by atoms with E-state index < -0.39 is 0 Å². The summed E-state index contributed by atoms with van der Waals surface area (Å²) in [7, 11) is 1.58. The summed E-state index contributed by atoms with van der Waals surface area (Å²) in [5.74, 6) is 2.39. The molecule has 0 radical (unpaired) electrons. The van der Waals surface area contributed by atoms with Gasteiger partial charge in [0, 0.05) is 29.2 Å². The van der Waals surface area contributed by atoms with Crippen LogP contribution in [0.1, 0.15) is 5.56 Å². The standard InChI is InChI=1S/C21H19ClN6O2/c1-14-13-23-21(27-20(14)25-16-6-9-18(22)19(12-16)29-2)26-15-4-7-17(8-5-15)30-28-11-3-10-24-28/h3-13H,1-2H3,(H2,23,25,26,27). The fourth-order valence-electron chi connectivity index (χ4n) is 2.65. The molecule has 2 aromatic heterocycles. The summed E-state index contributed by atoms with van der Waals surface area (Å²) >= 11 is 6.09. The second-order valence-electron chi connectivity index (χ2n) is 6.35. The molecule has 152 valence electrons. The molecule has 4 aromatic rings. The molecule has 0 fully saturated rings. The lowest BCUT2D eigenvalue weighted by atomic mass is 10.2. The molecule has 0 aliphatic rings. The third-order valence-corrected chi connectivity index (χ3v) is 4.49. The van der Waals surface area contributed by atoms with Crippen LogP contribution in [0.3, 0.4) is 0 Å². The Kier molecular flexibility index (Phi) is 5.67. The molecule has 30 heavy (non-hydrogen) atoms. The van der Waals surface area contributed by atoms with E-state index in [4.69, 9.17) is 21.2 Å². The van der Waals surface area contributed by atoms with E-state index in [0.717, 1.165) is 16.9 Å². The first-order chi connectivity index (χ1) is 14.6. The molecule has 4 rings (SSSR count). The average Bonchev–Trinajstić information content (AvgIpc) is 3.26. The molecule has 2 aromatic carbocycles. The zero-order chi connectivity index (χ0) is 20.9. The van der Waals surface area contributed by atoms with Crippen LogP contribution >= 0.6 is 11.6 Å². The minimum atomic E-state index is 0.463. The second kappa shape index (κ2) is 8.71. The number of nitrogens with zero attached hydrogens (tertiary/aromatic N) is 4. The van der Waals surface area contributed by atoms with Gasteiger partial charge in [0.2, 0.25) is 5.95 Å². The number of aromatic nitrogens is 4. The third-order valence-electron chi connectivity index (χ3n) is 4.18. The van der Waals surface area contributed by atoms with E-state index in [-0.39, 0.29) is 0 Å². The largest absolute Gasteiger partial charge is 0.495 e. The zero-order valence-electron chi connectivity index (χ0n) is 16.3. The summed E-state index contributed by atoms with van der Waals surface area (Å²) in [4.78, 5) is 15.9. The molecule has 8 nitrogen and oxygen atoms in total. The van der Waals surface area contributed by atoms with Gasteiger partial charge in [-0.3, -0.25) is 0 Å². The molecule has 0 aliphatic carbocycles. The molecule has 2 heterocycles. The zero-order valence-corrected chi connectivity index (χ0v) is 17.1. The van der Waals surface area contributed by atoms with Crippen molar-refractivity contribution < 1.29 is 9.57 Å². The molecule has 0 spiro atoms. The van der Waals surface area contributed by atoms with Crippen LogP contribution in [0.25, 0.3) is 0 Å². The summed E-state index contributed by atoms with van der Waals surface area (Å²) in [6, 6.07) is 14.6. The van der Waals surface area contributed by atoms with E-state index in [9.17, 15) is 0 Å². The number of methoxy groups -OCH3 is 1. The number of anilines is 4. The molecule has 2 N–H and O–H groups in total. The highest BCUT2D eigenvalue weighted by molar-refractivity contribution is 6.32. The minimum absolute atomic E-state index is 0.463. The highest BCUT2D eigenvalue weighted by atomic mass is 35.5. The van der Waals surface area contributed by atoms with Crippen molar-refractivity contribution in [2.45, 2.75) is 6.92 Å². The Balaban J connectivity index is 1.47. The van der Waals surface area contributed by atoms with Crippen molar-refractivity contribution in [1.29, 1.82) is 0 Å². The van der Waals surface area contributed by atoms with Gasteiger partial charge in [0.25, 0.3) is 0 Å². The highest BCUT2D eigenvalue weighted by Gasteiger charge is 2.08. The fraction of sp³-hybridized carbons (Fsp3) is 0.0952. The Bertz CT molecular complexity index is 1130. The summed E-state index contributed by atoms with van der Waals surface area (Å²) in [5, 5.41) is 11.0. The molecule has 0 atom stereocenters. The Morgan fingerprint density at radius 3 is 2.57 bits per heavy atom. The SMILES string of the molecule is COc1cc(Nc2nc(Nc3ccc(On4cccn4)cc3)ncc2C)ccc1Cl. The first-order valence-corrected chi connectivity index (χ1v) is 9.48. The normalized spacial score (nSPS) is 10.5. The van der Waals surface area contributed by atoms with Crippen molar-refractivity contribution in [2.24, 2.45) is 0 Å². The van der Waals surface area contributed by atoms with Crippen LogP contribution in [0.2, 0.25) is 5.02 Å². The molecule has 0 bridgehead atoms. The van der Waals surface area contributed by atoms with Gasteiger partial charge in [-0.15, -0.1) is 9.94 Å². The van der Waals surface area contributed by atoms with Gasteiger partial charge < -0.3 is 20.2 Å². The lowest BCUT2D eigenvalue weighted by molar-refractivity contribution is 0.179. The first kappa shape index (κ1) is 19.5. The molecule has 0 saturated carbocycles. The number of hydrogen-bond donors (Lipinski definition) is 2. The van der Waals surface area contributed by atoms with Crippen LogP contribution in [0, 0.1) is 6.92 Å². The van der Waals surface area contributed by atoms with Crippen LogP contribution in [0.4, 0.5) is 23.1 Å². The van der Waals surface area contributed by atoms with Crippen LogP contribution in [0.15, 0.2) is 67.1 Å². The number of benzene rings is 2. The van der Waals surface area contributed by atoms with Crippen LogP contribution in [0.5, 0.6) is 11.5 Å². The maximum atomic E-state index is 6.09. The third kappa shape index (κ3) is 4.61. The van der Waals surface area contributed by atoms with Gasteiger partial charge in [0.05, 0.1) is 24.5 Å². The quantitative estimate of drug-likeness (QED) is 0.434. The summed E-state index contributed by atoms with van der Waals surface area (Å²) in [6.45, 7) is 1.93. The van der Waals surface area contributed by atoms with E-state index in [1.54, 1.807) is 37.8 Å². The van der Waals surface area contributed by atoms with Gasteiger partial charge in [-0.1, -0.05) is 11.6 Å². The topological polar surface area (TPSA) is 86.1 Å². The van der Waals surface area contributed by atoms with Crippen molar-refractivity contribution in [1.82, 2.24) is 19.9 Å². The van der Waals surface area contributed by atoms with Gasteiger partial charge in [-0.2, -0.15) is 4.98 Å². The van der Waals surface area contributed by atoms with Gasteiger partial charge in [0.15, 0.2) is 5.75 Å². The first-order valence-electron chi connectivity index (χ1n) is 9.10. The number of halogens is 1. The van der Waals surface area contributed by atoms with Crippen molar-refractivity contribution in [3.63, 3.8) is 0 Å². The molecular formula is C21H19ClN6O2. The predicted molar refractivity (Wildman–Crippen MR) is 116 cm³/mol. The number of ether oxygens (including phenoxy) is 1. The predicted octanol–water partition coefficient (Wildman–Crippen LogP) is 4.97. The van der Waals surface area contributed by atoms with Crippen molar-refractivity contribution in [3.05, 3.63) is 77.7 Å². The van der Waals surface area contributed by atoms with Crippen LogP contribution in [-0.4, -0.2) is 27.0 Å². The average molecular weight is 423 g/mol. The molecule has 0 unspecified atom stereocenters. The summed E-state index contributed by atoms with van der Waals surface area (Å²) in [5.41, 5.74) is 2.53. The molecule has 0 saturated heterocycles. The highest BCUT2D eigenvalue weighted by Crippen LogP contribution is 2.29. The Morgan fingerprint density at radius 2 is 1.83 bits per heavy atom. The Labute approximate surface area is 178 Å². The lowest BCUT2D eigenvalue weighted by Gasteiger charge is -2.12. The molecule has 0 aliphatic heterocycles. The maximum absolute atomic E-state index is 6.09. The maximum Gasteiger partial charge on any atom is 0.229 e. The smallest absolute Gasteiger partial charge is 0.229 e. The van der Waals surface area contributed by atoms with E-state index >= 15 is 0 Å². The summed E-state index contributed by atoms with van der Waals surface area (Å²) in [6.07, 6.45) is 5.12. The Morgan fingerprint density at radius 1 is 1.03 bits per heavy atom. The molecular weight excluding hydrogens is 404 g/mol. The summed E-state index contributed by atoms with van der Waals surface area (Å²) < 4.78 is 5.27. The lowest BCUT2D eigenvalue weighted by Crippen LogP contribution is -2.05. The molecule has 9 heteroatoms. The van der Waals surface area contributed by atoms with Gasteiger partial charge in [-0.25, -0.2) is 4.98 Å².